The average Bonchev–Trinajstić information content (AvgIpc) is 2.97. The summed E-state index contributed by atoms with van der Waals surface area (Å²) in [6, 6.07) is 17.1. The van der Waals surface area contributed by atoms with Gasteiger partial charge in [0.05, 0.1) is 6.04 Å². The number of thioether (sulfide) groups is 1. The predicted octanol–water partition coefficient (Wildman–Crippen LogP) is 4.70. The van der Waals surface area contributed by atoms with E-state index in [-0.39, 0.29) is 42.6 Å². The van der Waals surface area contributed by atoms with Crippen LogP contribution in [0, 0.1) is 6.92 Å². The highest BCUT2D eigenvalue weighted by molar-refractivity contribution is 7.98. The van der Waals surface area contributed by atoms with E-state index in [1.807, 2.05) is 29.3 Å². The maximum absolute atomic E-state index is 13.8. The summed E-state index contributed by atoms with van der Waals surface area (Å²) in [5.74, 6) is -2.31. The van der Waals surface area contributed by atoms with Crippen LogP contribution < -0.4 is 10.4 Å². The molecule has 0 radical (unpaired) electrons. The largest absolute Gasteiger partial charge is 0.315 e. The molecule has 0 saturated heterocycles. The summed E-state index contributed by atoms with van der Waals surface area (Å²) < 4.78 is 29.4. The summed E-state index contributed by atoms with van der Waals surface area (Å²) in [6.07, 6.45) is 0.936. The molecule has 1 fully saturated rings. The lowest BCUT2D eigenvalue weighted by Gasteiger charge is -2.50. The smallest absolute Gasteiger partial charge is 0.274 e. The number of amides is 1. The molecule has 2 aromatic carbocycles. The maximum Gasteiger partial charge on any atom is 0.274 e. The molecule has 5 nitrogen and oxygen atoms in total. The number of halogens is 2. The zero-order valence-corrected chi connectivity index (χ0v) is 19.4. The average molecular weight is 480 g/mol. The fraction of sp³-hybridized carbons (Fsp3) is 0.308. The third-order valence-corrected chi connectivity index (χ3v) is 8.25. The Balaban J connectivity index is 1.56. The van der Waals surface area contributed by atoms with Crippen molar-refractivity contribution >= 4 is 17.7 Å². The van der Waals surface area contributed by atoms with Gasteiger partial charge in [-0.15, -0.1) is 11.8 Å². The second-order valence-electron chi connectivity index (χ2n) is 9.20. The number of carbonyl (C=O) groups excluding carboxylic acids is 1. The minimum absolute atomic E-state index is 0.160. The van der Waals surface area contributed by atoms with E-state index in [1.165, 1.54) is 16.5 Å². The van der Waals surface area contributed by atoms with Gasteiger partial charge in [0.1, 0.15) is 12.4 Å². The molecule has 1 amide bonds. The van der Waals surface area contributed by atoms with E-state index >= 15 is 0 Å². The van der Waals surface area contributed by atoms with Gasteiger partial charge in [-0.05, 0) is 29.7 Å². The predicted molar refractivity (Wildman–Crippen MR) is 127 cm³/mol. The van der Waals surface area contributed by atoms with Crippen LogP contribution in [0.2, 0.25) is 0 Å². The summed E-state index contributed by atoms with van der Waals surface area (Å²) >= 11 is 1.76. The van der Waals surface area contributed by atoms with Crippen LogP contribution in [0.4, 0.5) is 8.78 Å². The van der Waals surface area contributed by atoms with Crippen molar-refractivity contribution in [1.29, 1.82) is 0 Å². The first-order valence-corrected chi connectivity index (χ1v) is 12.3. The normalized spacial score (nSPS) is 21.3. The lowest BCUT2D eigenvalue weighted by molar-refractivity contribution is -0.118. The first kappa shape index (κ1) is 21.4. The van der Waals surface area contributed by atoms with Gasteiger partial charge in [0, 0.05) is 47.4 Å². The van der Waals surface area contributed by atoms with Crippen LogP contribution in [0.25, 0.3) is 0 Å². The second-order valence-corrected chi connectivity index (χ2v) is 10.2. The number of nitrogens with zero attached hydrogens (tertiary/aromatic N) is 3. The van der Waals surface area contributed by atoms with Crippen LogP contribution in [-0.4, -0.2) is 34.1 Å². The minimum Gasteiger partial charge on any atom is -0.315 e. The number of pyridine rings is 1. The summed E-state index contributed by atoms with van der Waals surface area (Å²) in [5.41, 5.74) is 3.73. The van der Waals surface area contributed by atoms with Crippen molar-refractivity contribution in [3.05, 3.63) is 99.0 Å². The first-order chi connectivity index (χ1) is 16.3. The fourth-order valence-corrected chi connectivity index (χ4v) is 6.37. The van der Waals surface area contributed by atoms with Gasteiger partial charge < -0.3 is 4.90 Å². The summed E-state index contributed by atoms with van der Waals surface area (Å²) in [5, 5.41) is 2.04. The van der Waals surface area contributed by atoms with E-state index in [9.17, 15) is 18.4 Å². The van der Waals surface area contributed by atoms with Crippen LogP contribution in [0.1, 0.15) is 51.6 Å². The topological polar surface area (TPSA) is 45.6 Å². The zero-order valence-electron chi connectivity index (χ0n) is 18.6. The number of hydrogen-bond acceptors (Lipinski definition) is 4. The van der Waals surface area contributed by atoms with Crippen molar-refractivity contribution in [1.82, 2.24) is 9.58 Å². The number of benzene rings is 2. The standard InChI is InChI=1S/C26H23F2N3O2S/c1-16-21(32)10-11-30-23(16)25(33)29(18-12-26(27,28)13-18)15-31(30)24-19-7-3-2-6-17(19)14-34-22-9-5-4-8-20(22)24/h2-11,18,24H,12-15H2,1H3. The van der Waals surface area contributed by atoms with Crippen LogP contribution in [0.15, 0.2) is 70.5 Å². The first-order valence-electron chi connectivity index (χ1n) is 11.3. The Morgan fingerprint density at radius 2 is 1.68 bits per heavy atom. The van der Waals surface area contributed by atoms with Gasteiger partial charge in [0.25, 0.3) is 11.8 Å². The van der Waals surface area contributed by atoms with Crippen LogP contribution in [0.5, 0.6) is 0 Å². The molecule has 1 unspecified atom stereocenters. The summed E-state index contributed by atoms with van der Waals surface area (Å²) in [7, 11) is 0. The molecule has 1 saturated carbocycles. The third-order valence-electron chi connectivity index (χ3n) is 7.11. The van der Waals surface area contributed by atoms with Crippen molar-refractivity contribution in [3.8, 4) is 0 Å². The molecular formula is C26H23F2N3O2S. The molecule has 8 heteroatoms. The number of fused-ring (bicyclic) bond motifs is 3. The molecule has 174 valence electrons. The van der Waals surface area contributed by atoms with Crippen molar-refractivity contribution < 1.29 is 13.6 Å². The Kier molecular flexibility index (Phi) is 4.85. The number of rotatable bonds is 2. The Morgan fingerprint density at radius 3 is 2.44 bits per heavy atom. The van der Waals surface area contributed by atoms with Crippen molar-refractivity contribution in [2.24, 2.45) is 0 Å². The minimum atomic E-state index is -2.75. The Hall–Kier alpha value is -3.13. The number of hydrogen-bond donors (Lipinski definition) is 0. The van der Waals surface area contributed by atoms with Gasteiger partial charge in [0.15, 0.2) is 5.43 Å². The van der Waals surface area contributed by atoms with Gasteiger partial charge in [0.2, 0.25) is 0 Å². The molecule has 34 heavy (non-hydrogen) atoms. The van der Waals surface area contributed by atoms with E-state index in [4.69, 9.17) is 0 Å². The molecule has 6 rings (SSSR count). The summed E-state index contributed by atoms with van der Waals surface area (Å²) in [6.45, 7) is 1.79. The van der Waals surface area contributed by atoms with Crippen molar-refractivity contribution in [2.45, 2.75) is 48.4 Å². The van der Waals surface area contributed by atoms with Gasteiger partial charge >= 0.3 is 0 Å². The Bertz CT molecular complexity index is 1320. The molecular weight excluding hydrogens is 456 g/mol. The molecule has 3 aliphatic rings. The number of carbonyl (C=O) groups is 1. The highest BCUT2D eigenvalue weighted by Gasteiger charge is 2.51. The molecule has 0 N–H and O–H groups in total. The zero-order chi connectivity index (χ0) is 23.6. The monoisotopic (exact) mass is 479 g/mol. The van der Waals surface area contributed by atoms with E-state index in [0.29, 0.717) is 5.56 Å². The van der Waals surface area contributed by atoms with Crippen molar-refractivity contribution in [2.75, 3.05) is 11.7 Å². The maximum atomic E-state index is 13.8. The molecule has 1 aromatic heterocycles. The van der Waals surface area contributed by atoms with Crippen LogP contribution in [-0.2, 0) is 5.75 Å². The van der Waals surface area contributed by atoms with Crippen molar-refractivity contribution in [3.63, 3.8) is 0 Å². The van der Waals surface area contributed by atoms with E-state index in [1.54, 1.807) is 29.6 Å². The molecule has 1 aliphatic carbocycles. The second kappa shape index (κ2) is 7.70. The van der Waals surface area contributed by atoms with E-state index < -0.39 is 12.0 Å². The van der Waals surface area contributed by atoms with Gasteiger partial charge in [-0.2, -0.15) is 0 Å². The number of alkyl halides is 2. The Labute approximate surface area is 200 Å². The molecule has 2 aliphatic heterocycles. The Morgan fingerprint density at radius 1 is 0.971 bits per heavy atom. The number of aromatic nitrogens is 1. The molecule has 3 aromatic rings. The molecule has 0 spiro atoms. The highest BCUT2D eigenvalue weighted by atomic mass is 32.2. The lowest BCUT2D eigenvalue weighted by Crippen LogP contribution is -2.62. The molecule has 1 atom stereocenters. The summed E-state index contributed by atoms with van der Waals surface area (Å²) in [4.78, 5) is 28.7. The quantitative estimate of drug-likeness (QED) is 0.535. The fourth-order valence-electron chi connectivity index (χ4n) is 5.28. The molecule has 3 heterocycles. The SMILES string of the molecule is Cc1c2n(ccc1=O)N(C1c3ccccc3CSc3ccccc31)CN(C1CC(F)(F)C1)C2=O. The van der Waals surface area contributed by atoms with Gasteiger partial charge in [-0.25, -0.2) is 8.78 Å². The third kappa shape index (κ3) is 3.27. The van der Waals surface area contributed by atoms with E-state index in [2.05, 4.69) is 24.3 Å². The highest BCUT2D eigenvalue weighted by Crippen LogP contribution is 2.45. The van der Waals surface area contributed by atoms with Gasteiger partial charge in [-0.3, -0.25) is 19.3 Å². The lowest BCUT2D eigenvalue weighted by atomic mass is 9.86. The van der Waals surface area contributed by atoms with E-state index in [0.717, 1.165) is 21.8 Å². The van der Waals surface area contributed by atoms with Gasteiger partial charge in [-0.1, -0.05) is 42.5 Å². The van der Waals surface area contributed by atoms with Crippen LogP contribution in [0.3, 0.4) is 0 Å². The van der Waals surface area contributed by atoms with Crippen LogP contribution >= 0.6 is 11.8 Å². The molecule has 0 bridgehead atoms.